The largest absolute Gasteiger partial charge is 0.315 e. The van der Waals surface area contributed by atoms with Crippen LogP contribution in [0.2, 0.25) is 0 Å². The Hall–Kier alpha value is -1.61. The predicted molar refractivity (Wildman–Crippen MR) is 77.7 cm³/mol. The summed E-state index contributed by atoms with van der Waals surface area (Å²) in [7, 11) is 1.80. The highest BCUT2D eigenvalue weighted by Gasteiger charge is 2.11. The molecule has 92 valence electrons. The van der Waals surface area contributed by atoms with Crippen molar-refractivity contribution < 1.29 is 4.79 Å². The van der Waals surface area contributed by atoms with Crippen molar-refractivity contribution in [3.05, 3.63) is 64.6 Å². The summed E-state index contributed by atoms with van der Waals surface area (Å²) < 4.78 is 0.996. The van der Waals surface area contributed by atoms with E-state index < -0.39 is 0 Å². The second kappa shape index (κ2) is 5.83. The lowest BCUT2D eigenvalue weighted by molar-refractivity contribution is -0.117. The molecule has 0 aliphatic carbocycles. The van der Waals surface area contributed by atoms with E-state index in [0.717, 1.165) is 15.7 Å². The highest BCUT2D eigenvalue weighted by Crippen LogP contribution is 2.15. The molecule has 0 atom stereocenters. The first-order chi connectivity index (χ1) is 8.66. The molecule has 0 aliphatic rings. The zero-order valence-corrected chi connectivity index (χ0v) is 11.7. The Morgan fingerprint density at radius 3 is 2.50 bits per heavy atom. The van der Waals surface area contributed by atoms with Crippen LogP contribution in [0.5, 0.6) is 0 Å². The normalized spacial score (nSPS) is 10.1. The number of halogens is 1. The van der Waals surface area contributed by atoms with E-state index in [9.17, 15) is 4.79 Å². The minimum absolute atomic E-state index is 0.0827. The fourth-order valence-corrected chi connectivity index (χ4v) is 2.18. The molecule has 3 heteroatoms. The third kappa shape index (κ3) is 3.20. The smallest absolute Gasteiger partial charge is 0.231 e. The Morgan fingerprint density at radius 2 is 1.83 bits per heavy atom. The maximum absolute atomic E-state index is 12.1. The molecule has 2 aromatic rings. The summed E-state index contributed by atoms with van der Waals surface area (Å²) in [5.74, 6) is 0.0827. The predicted octanol–water partition coefficient (Wildman–Crippen LogP) is 3.65. The van der Waals surface area contributed by atoms with Gasteiger partial charge in [0.2, 0.25) is 5.91 Å². The molecule has 0 aliphatic heterocycles. The molecule has 0 bridgehead atoms. The molecule has 0 fully saturated rings. The van der Waals surface area contributed by atoms with E-state index in [0.29, 0.717) is 6.42 Å². The van der Waals surface area contributed by atoms with Crippen LogP contribution >= 0.6 is 15.9 Å². The number of para-hydroxylation sites is 1. The van der Waals surface area contributed by atoms with Gasteiger partial charge in [-0.2, -0.15) is 0 Å². The van der Waals surface area contributed by atoms with Crippen LogP contribution in [0.25, 0.3) is 0 Å². The standard InChI is InChI=1S/C15H14BrNO/c1-17(14-8-3-2-4-9-14)15(18)11-12-6-5-7-13(16)10-12/h2-10H,11H2,1H3. The van der Waals surface area contributed by atoms with Gasteiger partial charge in [-0.15, -0.1) is 0 Å². The van der Waals surface area contributed by atoms with Crippen molar-refractivity contribution in [3.8, 4) is 0 Å². The van der Waals surface area contributed by atoms with Crippen LogP contribution in [-0.4, -0.2) is 13.0 Å². The van der Waals surface area contributed by atoms with Crippen molar-refractivity contribution in [2.75, 3.05) is 11.9 Å². The average molecular weight is 304 g/mol. The van der Waals surface area contributed by atoms with E-state index in [1.165, 1.54) is 0 Å². The summed E-state index contributed by atoms with van der Waals surface area (Å²) in [4.78, 5) is 13.8. The van der Waals surface area contributed by atoms with Gasteiger partial charge < -0.3 is 4.90 Å². The molecular weight excluding hydrogens is 290 g/mol. The van der Waals surface area contributed by atoms with Crippen LogP contribution in [0.3, 0.4) is 0 Å². The van der Waals surface area contributed by atoms with Crippen molar-refractivity contribution in [1.82, 2.24) is 0 Å². The lowest BCUT2D eigenvalue weighted by Crippen LogP contribution is -2.27. The lowest BCUT2D eigenvalue weighted by atomic mass is 10.1. The molecular formula is C15H14BrNO. The summed E-state index contributed by atoms with van der Waals surface area (Å²) in [6.07, 6.45) is 0.408. The molecule has 0 heterocycles. The summed E-state index contributed by atoms with van der Waals surface area (Å²) in [5, 5.41) is 0. The molecule has 2 rings (SSSR count). The van der Waals surface area contributed by atoms with Gasteiger partial charge in [0.15, 0.2) is 0 Å². The number of anilines is 1. The molecule has 0 aromatic heterocycles. The molecule has 0 spiro atoms. The fraction of sp³-hybridized carbons (Fsp3) is 0.133. The Labute approximate surface area is 115 Å². The number of carbonyl (C=O) groups excluding carboxylic acids is 1. The Morgan fingerprint density at radius 1 is 1.11 bits per heavy atom. The Balaban J connectivity index is 2.09. The fourth-order valence-electron chi connectivity index (χ4n) is 1.74. The van der Waals surface area contributed by atoms with E-state index in [1.54, 1.807) is 11.9 Å². The van der Waals surface area contributed by atoms with Gasteiger partial charge in [0, 0.05) is 17.2 Å². The highest BCUT2D eigenvalue weighted by molar-refractivity contribution is 9.10. The molecule has 0 saturated carbocycles. The molecule has 0 N–H and O–H groups in total. The Kier molecular flexibility index (Phi) is 4.15. The van der Waals surface area contributed by atoms with Gasteiger partial charge >= 0.3 is 0 Å². The number of benzene rings is 2. The number of hydrogen-bond donors (Lipinski definition) is 0. The maximum Gasteiger partial charge on any atom is 0.231 e. The maximum atomic E-state index is 12.1. The third-order valence-electron chi connectivity index (χ3n) is 2.76. The first-order valence-corrected chi connectivity index (χ1v) is 6.52. The van der Waals surface area contributed by atoms with Crippen LogP contribution in [0, 0.1) is 0 Å². The van der Waals surface area contributed by atoms with E-state index in [2.05, 4.69) is 15.9 Å². The summed E-state index contributed by atoms with van der Waals surface area (Å²) in [6.45, 7) is 0. The molecule has 0 saturated heterocycles. The van der Waals surface area contributed by atoms with Gasteiger partial charge in [-0.05, 0) is 29.8 Å². The minimum atomic E-state index is 0.0827. The van der Waals surface area contributed by atoms with E-state index in [4.69, 9.17) is 0 Å². The SMILES string of the molecule is CN(C(=O)Cc1cccc(Br)c1)c1ccccc1. The van der Waals surface area contributed by atoms with Crippen molar-refractivity contribution in [2.24, 2.45) is 0 Å². The molecule has 0 radical (unpaired) electrons. The van der Waals surface area contributed by atoms with Crippen LogP contribution in [0.1, 0.15) is 5.56 Å². The molecule has 2 aromatic carbocycles. The highest BCUT2D eigenvalue weighted by atomic mass is 79.9. The van der Waals surface area contributed by atoms with Gasteiger partial charge in [0.1, 0.15) is 0 Å². The van der Waals surface area contributed by atoms with Gasteiger partial charge in [-0.25, -0.2) is 0 Å². The molecule has 2 nitrogen and oxygen atoms in total. The quantitative estimate of drug-likeness (QED) is 0.847. The topological polar surface area (TPSA) is 20.3 Å². The number of amides is 1. The first kappa shape index (κ1) is 12.8. The average Bonchev–Trinajstić information content (AvgIpc) is 2.39. The molecule has 0 unspecified atom stereocenters. The van der Waals surface area contributed by atoms with Crippen molar-refractivity contribution >= 4 is 27.5 Å². The molecule has 18 heavy (non-hydrogen) atoms. The summed E-state index contributed by atoms with van der Waals surface area (Å²) >= 11 is 3.41. The minimum Gasteiger partial charge on any atom is -0.315 e. The second-order valence-electron chi connectivity index (χ2n) is 4.10. The van der Waals surface area contributed by atoms with Crippen LogP contribution in [0.4, 0.5) is 5.69 Å². The van der Waals surface area contributed by atoms with Crippen LogP contribution in [0.15, 0.2) is 59.1 Å². The van der Waals surface area contributed by atoms with Gasteiger partial charge in [-0.1, -0.05) is 46.3 Å². The van der Waals surface area contributed by atoms with Gasteiger partial charge in [0.05, 0.1) is 6.42 Å². The number of carbonyl (C=O) groups is 1. The van der Waals surface area contributed by atoms with Crippen molar-refractivity contribution in [1.29, 1.82) is 0 Å². The van der Waals surface area contributed by atoms with E-state index >= 15 is 0 Å². The van der Waals surface area contributed by atoms with Crippen LogP contribution < -0.4 is 4.90 Å². The van der Waals surface area contributed by atoms with Crippen LogP contribution in [-0.2, 0) is 11.2 Å². The van der Waals surface area contributed by atoms with E-state index in [1.807, 2.05) is 54.6 Å². The Bertz CT molecular complexity index is 539. The summed E-state index contributed by atoms with van der Waals surface area (Å²) in [5.41, 5.74) is 1.93. The zero-order chi connectivity index (χ0) is 13.0. The summed E-state index contributed by atoms with van der Waals surface area (Å²) in [6, 6.07) is 17.5. The van der Waals surface area contributed by atoms with Gasteiger partial charge in [0.25, 0.3) is 0 Å². The van der Waals surface area contributed by atoms with Crippen molar-refractivity contribution in [3.63, 3.8) is 0 Å². The lowest BCUT2D eigenvalue weighted by Gasteiger charge is -2.17. The zero-order valence-electron chi connectivity index (χ0n) is 10.1. The monoisotopic (exact) mass is 303 g/mol. The first-order valence-electron chi connectivity index (χ1n) is 5.73. The number of hydrogen-bond acceptors (Lipinski definition) is 1. The van der Waals surface area contributed by atoms with E-state index in [-0.39, 0.29) is 5.91 Å². The molecule has 1 amide bonds. The van der Waals surface area contributed by atoms with Crippen molar-refractivity contribution in [2.45, 2.75) is 6.42 Å². The second-order valence-corrected chi connectivity index (χ2v) is 5.01. The third-order valence-corrected chi connectivity index (χ3v) is 3.26. The van der Waals surface area contributed by atoms with Gasteiger partial charge in [-0.3, -0.25) is 4.79 Å². The number of rotatable bonds is 3. The number of likely N-dealkylation sites (N-methyl/N-ethyl adjacent to an activating group) is 1. The number of nitrogens with zero attached hydrogens (tertiary/aromatic N) is 1.